The van der Waals surface area contributed by atoms with Crippen LogP contribution in [0.5, 0.6) is 0 Å². The SMILES string of the molecule is O=C(CCc1c(-c2ccccc2)[nH]c2ccc(F)cc12)NCCC(=O)N1CCCC1. The minimum absolute atomic E-state index is 0.103. The number of hydrogen-bond acceptors (Lipinski definition) is 2. The number of fused-ring (bicyclic) bond motifs is 1. The lowest BCUT2D eigenvalue weighted by molar-refractivity contribution is -0.130. The number of carbonyl (C=O) groups excluding carboxylic acids is 2. The molecule has 0 atom stereocenters. The van der Waals surface area contributed by atoms with E-state index in [1.807, 2.05) is 35.2 Å². The summed E-state index contributed by atoms with van der Waals surface area (Å²) in [5.74, 6) is -0.299. The first kappa shape index (κ1) is 20.1. The minimum atomic E-state index is -0.299. The molecular weight excluding hydrogens is 381 g/mol. The minimum Gasteiger partial charge on any atom is -0.356 e. The summed E-state index contributed by atoms with van der Waals surface area (Å²) >= 11 is 0. The third-order valence-electron chi connectivity index (χ3n) is 5.65. The zero-order valence-corrected chi connectivity index (χ0v) is 16.9. The van der Waals surface area contributed by atoms with Crippen LogP contribution in [0.4, 0.5) is 4.39 Å². The Bertz CT molecular complexity index is 1040. The molecule has 4 rings (SSSR count). The average Bonchev–Trinajstić information content (AvgIpc) is 3.41. The van der Waals surface area contributed by atoms with E-state index in [4.69, 9.17) is 0 Å². The number of aromatic amines is 1. The van der Waals surface area contributed by atoms with Crippen LogP contribution in [-0.2, 0) is 16.0 Å². The average molecular weight is 407 g/mol. The van der Waals surface area contributed by atoms with Crippen molar-refractivity contribution >= 4 is 22.7 Å². The molecule has 0 bridgehead atoms. The smallest absolute Gasteiger partial charge is 0.224 e. The van der Waals surface area contributed by atoms with Gasteiger partial charge in [-0.1, -0.05) is 30.3 Å². The van der Waals surface area contributed by atoms with E-state index in [2.05, 4.69) is 10.3 Å². The van der Waals surface area contributed by atoms with E-state index >= 15 is 0 Å². The summed E-state index contributed by atoms with van der Waals surface area (Å²) in [6.07, 6.45) is 3.22. The molecule has 0 saturated carbocycles. The molecule has 2 N–H and O–H groups in total. The first-order valence-electron chi connectivity index (χ1n) is 10.5. The number of nitrogens with zero attached hydrogens (tertiary/aromatic N) is 1. The summed E-state index contributed by atoms with van der Waals surface area (Å²) in [6, 6.07) is 14.5. The van der Waals surface area contributed by atoms with Crippen molar-refractivity contribution in [3.63, 3.8) is 0 Å². The van der Waals surface area contributed by atoms with Gasteiger partial charge >= 0.3 is 0 Å². The maximum atomic E-state index is 13.9. The van der Waals surface area contributed by atoms with E-state index < -0.39 is 0 Å². The number of benzene rings is 2. The summed E-state index contributed by atoms with van der Waals surface area (Å²) in [7, 11) is 0. The van der Waals surface area contributed by atoms with Crippen LogP contribution >= 0.6 is 0 Å². The molecule has 2 aromatic carbocycles. The van der Waals surface area contributed by atoms with Crippen molar-refractivity contribution in [1.29, 1.82) is 0 Å². The quantitative estimate of drug-likeness (QED) is 0.621. The van der Waals surface area contributed by atoms with E-state index in [0.29, 0.717) is 19.4 Å². The molecule has 6 heteroatoms. The molecule has 1 aromatic heterocycles. The number of nitrogens with one attached hydrogen (secondary N) is 2. The molecule has 3 aromatic rings. The van der Waals surface area contributed by atoms with Gasteiger partial charge in [0.05, 0.1) is 0 Å². The number of rotatable bonds is 7. The van der Waals surface area contributed by atoms with Crippen LogP contribution in [0.2, 0.25) is 0 Å². The van der Waals surface area contributed by atoms with Crippen molar-refractivity contribution < 1.29 is 14.0 Å². The van der Waals surface area contributed by atoms with Gasteiger partial charge in [0.1, 0.15) is 5.82 Å². The fourth-order valence-electron chi connectivity index (χ4n) is 4.09. The summed E-state index contributed by atoms with van der Waals surface area (Å²) in [6.45, 7) is 2.00. The van der Waals surface area contributed by atoms with Crippen molar-refractivity contribution in [3.05, 3.63) is 59.9 Å². The van der Waals surface area contributed by atoms with Crippen LogP contribution in [0.25, 0.3) is 22.2 Å². The van der Waals surface area contributed by atoms with Gasteiger partial charge < -0.3 is 15.2 Å². The third kappa shape index (κ3) is 4.53. The van der Waals surface area contributed by atoms with Crippen molar-refractivity contribution in [2.45, 2.75) is 32.1 Å². The Morgan fingerprint density at radius 3 is 2.57 bits per heavy atom. The zero-order chi connectivity index (χ0) is 20.9. The molecular formula is C24H26FN3O2. The lowest BCUT2D eigenvalue weighted by atomic mass is 10.0. The molecule has 156 valence electrons. The van der Waals surface area contributed by atoms with Crippen LogP contribution < -0.4 is 5.32 Å². The largest absolute Gasteiger partial charge is 0.356 e. The molecule has 2 heterocycles. The van der Waals surface area contributed by atoms with E-state index in [9.17, 15) is 14.0 Å². The Morgan fingerprint density at radius 2 is 1.80 bits per heavy atom. The number of likely N-dealkylation sites (tertiary alicyclic amines) is 1. The van der Waals surface area contributed by atoms with E-state index in [1.165, 1.54) is 12.1 Å². The second kappa shape index (κ2) is 9.11. The Morgan fingerprint density at radius 1 is 1.03 bits per heavy atom. The van der Waals surface area contributed by atoms with E-state index in [-0.39, 0.29) is 24.1 Å². The van der Waals surface area contributed by atoms with Crippen molar-refractivity contribution in [3.8, 4) is 11.3 Å². The molecule has 0 radical (unpaired) electrons. The molecule has 0 unspecified atom stereocenters. The summed E-state index contributed by atoms with van der Waals surface area (Å²) in [5.41, 5.74) is 3.69. The molecule has 1 aliphatic rings. The lowest BCUT2D eigenvalue weighted by Gasteiger charge is -2.15. The predicted octanol–water partition coefficient (Wildman–Crippen LogP) is 4.04. The number of aryl methyl sites for hydroxylation is 1. The molecule has 5 nitrogen and oxygen atoms in total. The second-order valence-corrected chi connectivity index (χ2v) is 7.72. The molecule has 0 spiro atoms. The summed E-state index contributed by atoms with van der Waals surface area (Å²) in [4.78, 5) is 29.7. The van der Waals surface area contributed by atoms with Gasteiger partial charge in [0.25, 0.3) is 0 Å². The van der Waals surface area contributed by atoms with Gasteiger partial charge in [0, 0.05) is 49.1 Å². The number of hydrogen-bond donors (Lipinski definition) is 2. The Hall–Kier alpha value is -3.15. The number of halogens is 1. The van der Waals surface area contributed by atoms with Gasteiger partial charge in [-0.2, -0.15) is 0 Å². The first-order chi connectivity index (χ1) is 14.6. The van der Waals surface area contributed by atoms with Gasteiger partial charge in [-0.3, -0.25) is 9.59 Å². The standard InChI is InChI=1S/C24H26FN3O2/c25-18-8-10-21-20(16-18)19(24(27-21)17-6-2-1-3-7-17)9-11-22(29)26-13-12-23(30)28-14-4-5-15-28/h1-3,6-8,10,16,27H,4-5,9,11-15H2,(H,26,29). The molecule has 1 saturated heterocycles. The maximum absolute atomic E-state index is 13.9. The normalized spacial score (nSPS) is 13.7. The van der Waals surface area contributed by atoms with Gasteiger partial charge in [-0.25, -0.2) is 4.39 Å². The summed E-state index contributed by atoms with van der Waals surface area (Å²) in [5, 5.41) is 3.64. The topological polar surface area (TPSA) is 65.2 Å². The van der Waals surface area contributed by atoms with Crippen molar-refractivity contribution in [1.82, 2.24) is 15.2 Å². The lowest BCUT2D eigenvalue weighted by Crippen LogP contribution is -2.32. The van der Waals surface area contributed by atoms with Crippen molar-refractivity contribution in [2.75, 3.05) is 19.6 Å². The van der Waals surface area contributed by atoms with Crippen LogP contribution in [-0.4, -0.2) is 41.3 Å². The van der Waals surface area contributed by atoms with Gasteiger partial charge in [-0.05, 0) is 48.6 Å². The van der Waals surface area contributed by atoms with Gasteiger partial charge in [0.15, 0.2) is 0 Å². The highest BCUT2D eigenvalue weighted by Gasteiger charge is 2.18. The summed E-state index contributed by atoms with van der Waals surface area (Å²) < 4.78 is 13.9. The van der Waals surface area contributed by atoms with Crippen LogP contribution in [0.3, 0.4) is 0 Å². The number of aromatic nitrogens is 1. The zero-order valence-electron chi connectivity index (χ0n) is 16.9. The van der Waals surface area contributed by atoms with Crippen LogP contribution in [0, 0.1) is 5.82 Å². The van der Waals surface area contributed by atoms with Crippen LogP contribution in [0.1, 0.15) is 31.2 Å². The highest BCUT2D eigenvalue weighted by molar-refractivity contribution is 5.91. The highest BCUT2D eigenvalue weighted by atomic mass is 19.1. The van der Waals surface area contributed by atoms with Gasteiger partial charge in [0.2, 0.25) is 11.8 Å². The molecule has 0 aliphatic carbocycles. The number of H-pyrrole nitrogens is 1. The van der Waals surface area contributed by atoms with E-state index in [1.54, 1.807) is 6.07 Å². The molecule has 30 heavy (non-hydrogen) atoms. The number of carbonyl (C=O) groups is 2. The third-order valence-corrected chi connectivity index (χ3v) is 5.65. The highest BCUT2D eigenvalue weighted by Crippen LogP contribution is 2.31. The molecule has 2 amide bonds. The second-order valence-electron chi connectivity index (χ2n) is 7.72. The fourth-order valence-corrected chi connectivity index (χ4v) is 4.09. The molecule has 1 fully saturated rings. The fraction of sp³-hybridized carbons (Fsp3) is 0.333. The first-order valence-corrected chi connectivity index (χ1v) is 10.5. The number of amides is 2. The van der Waals surface area contributed by atoms with Crippen LogP contribution in [0.15, 0.2) is 48.5 Å². The maximum Gasteiger partial charge on any atom is 0.224 e. The predicted molar refractivity (Wildman–Crippen MR) is 115 cm³/mol. The van der Waals surface area contributed by atoms with Crippen molar-refractivity contribution in [2.24, 2.45) is 0 Å². The van der Waals surface area contributed by atoms with E-state index in [0.717, 1.165) is 53.7 Å². The monoisotopic (exact) mass is 407 g/mol. The Kier molecular flexibility index (Phi) is 6.12. The molecule has 1 aliphatic heterocycles. The van der Waals surface area contributed by atoms with Gasteiger partial charge in [-0.15, -0.1) is 0 Å². The Balaban J connectivity index is 1.42. The Labute approximate surface area is 175 Å².